The summed E-state index contributed by atoms with van der Waals surface area (Å²) in [5.74, 6) is 0. The largest absolute Gasteiger partial charge is 0.312 e. The van der Waals surface area contributed by atoms with Crippen molar-refractivity contribution in [3.63, 3.8) is 0 Å². The number of hydrogen-bond acceptors (Lipinski definition) is 2. The van der Waals surface area contributed by atoms with Crippen LogP contribution in [-0.2, 0) is 0 Å². The van der Waals surface area contributed by atoms with Crippen LogP contribution >= 0.6 is 27.3 Å². The van der Waals surface area contributed by atoms with Crippen LogP contribution in [-0.4, -0.2) is 7.05 Å². The molecule has 0 bridgehead atoms. The number of halogens is 1. The highest BCUT2D eigenvalue weighted by atomic mass is 79.9. The molecule has 1 aromatic rings. The third-order valence-corrected chi connectivity index (χ3v) is 4.40. The molecule has 1 N–H and O–H groups in total. The van der Waals surface area contributed by atoms with E-state index in [1.165, 1.54) is 27.1 Å². The lowest BCUT2D eigenvalue weighted by Crippen LogP contribution is -2.14. The van der Waals surface area contributed by atoms with Crippen LogP contribution in [0, 0.1) is 6.92 Å². The molecule has 1 atom stereocenters. The average molecular weight is 262 g/mol. The summed E-state index contributed by atoms with van der Waals surface area (Å²) in [4.78, 5) is 2.81. The molecule has 3 heteroatoms. The van der Waals surface area contributed by atoms with Crippen molar-refractivity contribution >= 4 is 27.3 Å². The molecule has 0 fully saturated rings. The number of nitrogens with one attached hydrogen (secondary N) is 1. The summed E-state index contributed by atoms with van der Waals surface area (Å²) in [5.41, 5.74) is 0. The Morgan fingerprint density at radius 2 is 2.31 bits per heavy atom. The smallest absolute Gasteiger partial charge is 0.0412 e. The summed E-state index contributed by atoms with van der Waals surface area (Å²) in [6.07, 6.45) is 2.43. The average Bonchev–Trinajstić information content (AvgIpc) is 2.43. The fourth-order valence-corrected chi connectivity index (χ4v) is 3.08. The van der Waals surface area contributed by atoms with Crippen molar-refractivity contribution in [1.29, 1.82) is 0 Å². The Morgan fingerprint density at radius 3 is 2.69 bits per heavy atom. The molecule has 74 valence electrons. The predicted molar refractivity (Wildman–Crippen MR) is 63.5 cm³/mol. The molecule has 1 nitrogen and oxygen atoms in total. The molecular formula is C10H16BrNS. The third-order valence-electron chi connectivity index (χ3n) is 2.15. The zero-order chi connectivity index (χ0) is 9.84. The second kappa shape index (κ2) is 5.13. The topological polar surface area (TPSA) is 12.0 Å². The standard InChI is InChI=1S/C10H16BrNS/c1-4-5-9(12-3)10-6-8(11)7(2)13-10/h6,9,12H,4-5H2,1-3H3. The van der Waals surface area contributed by atoms with E-state index in [9.17, 15) is 0 Å². The molecule has 13 heavy (non-hydrogen) atoms. The van der Waals surface area contributed by atoms with Gasteiger partial charge < -0.3 is 5.32 Å². The summed E-state index contributed by atoms with van der Waals surface area (Å²) in [6.45, 7) is 4.37. The van der Waals surface area contributed by atoms with E-state index in [2.05, 4.69) is 41.2 Å². The molecule has 1 heterocycles. The highest BCUT2D eigenvalue weighted by Gasteiger charge is 2.11. The first-order valence-corrected chi connectivity index (χ1v) is 6.23. The van der Waals surface area contributed by atoms with Crippen molar-refractivity contribution < 1.29 is 0 Å². The van der Waals surface area contributed by atoms with Crippen molar-refractivity contribution in [1.82, 2.24) is 5.32 Å². The van der Waals surface area contributed by atoms with Gasteiger partial charge in [-0.2, -0.15) is 0 Å². The van der Waals surface area contributed by atoms with Crippen LogP contribution in [0.15, 0.2) is 10.5 Å². The van der Waals surface area contributed by atoms with Crippen molar-refractivity contribution in [3.8, 4) is 0 Å². The molecule has 1 aromatic heterocycles. The molecule has 0 amide bonds. The molecule has 0 saturated heterocycles. The van der Waals surface area contributed by atoms with Gasteiger partial charge in [0.1, 0.15) is 0 Å². The monoisotopic (exact) mass is 261 g/mol. The Bertz CT molecular complexity index is 250. The quantitative estimate of drug-likeness (QED) is 0.868. The maximum Gasteiger partial charge on any atom is 0.0412 e. The van der Waals surface area contributed by atoms with E-state index in [-0.39, 0.29) is 0 Å². The SMILES string of the molecule is CCCC(NC)c1cc(Br)c(C)s1. The Kier molecular flexibility index (Phi) is 4.42. The first-order chi connectivity index (χ1) is 6.19. The summed E-state index contributed by atoms with van der Waals surface area (Å²) >= 11 is 5.42. The second-order valence-electron chi connectivity index (χ2n) is 3.18. The minimum absolute atomic E-state index is 0.528. The molecule has 1 rings (SSSR count). The van der Waals surface area contributed by atoms with Crippen molar-refractivity contribution in [2.24, 2.45) is 0 Å². The minimum Gasteiger partial charge on any atom is -0.312 e. The van der Waals surface area contributed by atoms with E-state index in [0.717, 1.165) is 0 Å². The van der Waals surface area contributed by atoms with Gasteiger partial charge in [-0.15, -0.1) is 11.3 Å². The Hall–Kier alpha value is 0.140. The van der Waals surface area contributed by atoms with Gasteiger partial charge in [0.05, 0.1) is 0 Å². The van der Waals surface area contributed by atoms with Crippen molar-refractivity contribution in [2.75, 3.05) is 7.05 Å². The van der Waals surface area contributed by atoms with Gasteiger partial charge in [-0.3, -0.25) is 0 Å². The summed E-state index contributed by atoms with van der Waals surface area (Å²) in [5, 5.41) is 3.35. The lowest BCUT2D eigenvalue weighted by Gasteiger charge is -2.12. The van der Waals surface area contributed by atoms with Crippen LogP contribution in [0.5, 0.6) is 0 Å². The van der Waals surface area contributed by atoms with Gasteiger partial charge in [-0.25, -0.2) is 0 Å². The van der Waals surface area contributed by atoms with E-state index in [4.69, 9.17) is 0 Å². The van der Waals surface area contributed by atoms with Gasteiger partial charge >= 0.3 is 0 Å². The van der Waals surface area contributed by atoms with Crippen LogP contribution in [0.25, 0.3) is 0 Å². The molecule has 0 aliphatic rings. The Morgan fingerprint density at radius 1 is 1.62 bits per heavy atom. The molecule has 0 aliphatic heterocycles. The zero-order valence-corrected chi connectivity index (χ0v) is 10.8. The number of hydrogen-bond donors (Lipinski definition) is 1. The molecule has 0 saturated carbocycles. The number of rotatable bonds is 4. The van der Waals surface area contributed by atoms with Crippen molar-refractivity contribution in [3.05, 3.63) is 20.3 Å². The fraction of sp³-hybridized carbons (Fsp3) is 0.600. The number of thiophene rings is 1. The summed E-state index contributed by atoms with van der Waals surface area (Å²) < 4.78 is 1.24. The lowest BCUT2D eigenvalue weighted by atomic mass is 10.1. The highest BCUT2D eigenvalue weighted by Crippen LogP contribution is 2.32. The normalized spacial score (nSPS) is 13.2. The maximum atomic E-state index is 3.55. The first kappa shape index (κ1) is 11.2. The summed E-state index contributed by atoms with van der Waals surface area (Å²) in [6, 6.07) is 2.76. The van der Waals surface area contributed by atoms with Gasteiger partial charge in [0, 0.05) is 20.3 Å². The molecule has 1 unspecified atom stereocenters. The minimum atomic E-state index is 0.528. The molecular weight excluding hydrogens is 246 g/mol. The number of aryl methyl sites for hydroxylation is 1. The predicted octanol–water partition coefficient (Wildman–Crippen LogP) is 3.88. The van der Waals surface area contributed by atoms with E-state index in [0.29, 0.717) is 6.04 Å². The molecule has 0 spiro atoms. The molecule has 0 aliphatic carbocycles. The van der Waals surface area contributed by atoms with Crippen LogP contribution in [0.3, 0.4) is 0 Å². The van der Waals surface area contributed by atoms with E-state index >= 15 is 0 Å². The van der Waals surface area contributed by atoms with Crippen LogP contribution < -0.4 is 5.32 Å². The zero-order valence-electron chi connectivity index (χ0n) is 8.36. The van der Waals surface area contributed by atoms with Crippen LogP contribution in [0.2, 0.25) is 0 Å². The van der Waals surface area contributed by atoms with E-state index in [1.807, 2.05) is 18.4 Å². The van der Waals surface area contributed by atoms with Crippen LogP contribution in [0.1, 0.15) is 35.6 Å². The van der Waals surface area contributed by atoms with Crippen LogP contribution in [0.4, 0.5) is 0 Å². The fourth-order valence-electron chi connectivity index (χ4n) is 1.37. The maximum absolute atomic E-state index is 3.55. The van der Waals surface area contributed by atoms with E-state index in [1.54, 1.807) is 0 Å². The summed E-state index contributed by atoms with van der Waals surface area (Å²) in [7, 11) is 2.03. The highest BCUT2D eigenvalue weighted by molar-refractivity contribution is 9.10. The lowest BCUT2D eigenvalue weighted by molar-refractivity contribution is 0.550. The van der Waals surface area contributed by atoms with Gasteiger partial charge in [-0.1, -0.05) is 13.3 Å². The Balaban J connectivity index is 2.78. The Labute approximate surface area is 92.7 Å². The van der Waals surface area contributed by atoms with Gasteiger partial charge in [-0.05, 0) is 42.4 Å². The molecule has 0 aromatic carbocycles. The van der Waals surface area contributed by atoms with Gasteiger partial charge in [0.15, 0.2) is 0 Å². The molecule has 0 radical (unpaired) electrons. The van der Waals surface area contributed by atoms with E-state index < -0.39 is 0 Å². The first-order valence-electron chi connectivity index (χ1n) is 4.62. The third kappa shape index (κ3) is 2.79. The van der Waals surface area contributed by atoms with Gasteiger partial charge in [0.2, 0.25) is 0 Å². The van der Waals surface area contributed by atoms with Crippen molar-refractivity contribution in [2.45, 2.75) is 32.7 Å². The van der Waals surface area contributed by atoms with Gasteiger partial charge in [0.25, 0.3) is 0 Å². The second-order valence-corrected chi connectivity index (χ2v) is 5.33.